The molecule has 1 saturated heterocycles. The maximum atomic E-state index is 12.4. The van der Waals surface area contributed by atoms with Gasteiger partial charge in [-0.25, -0.2) is 0 Å². The van der Waals surface area contributed by atoms with Gasteiger partial charge in [-0.15, -0.1) is 11.3 Å². The van der Waals surface area contributed by atoms with Crippen molar-refractivity contribution in [3.05, 3.63) is 47.3 Å². The number of carbonyl (C=O) groups is 1. The van der Waals surface area contributed by atoms with Gasteiger partial charge < -0.3 is 10.2 Å². The number of hydrogen-bond donors (Lipinski definition) is 1. The van der Waals surface area contributed by atoms with Gasteiger partial charge in [0.25, 0.3) is 0 Å². The van der Waals surface area contributed by atoms with Gasteiger partial charge in [0, 0.05) is 24.5 Å². The quantitative estimate of drug-likeness (QED) is 0.919. The lowest BCUT2D eigenvalue weighted by Gasteiger charge is -2.33. The third kappa shape index (κ3) is 3.39. The fourth-order valence-corrected chi connectivity index (χ4v) is 3.66. The van der Waals surface area contributed by atoms with Crippen LogP contribution >= 0.6 is 11.3 Å². The van der Waals surface area contributed by atoms with Crippen molar-refractivity contribution in [2.45, 2.75) is 25.8 Å². The van der Waals surface area contributed by atoms with E-state index in [9.17, 15) is 4.79 Å². The van der Waals surface area contributed by atoms with E-state index in [0.29, 0.717) is 0 Å². The van der Waals surface area contributed by atoms with Gasteiger partial charge in [-0.2, -0.15) is 0 Å². The number of piperazine rings is 1. The molecular formula is C18H22N2OS. The van der Waals surface area contributed by atoms with Gasteiger partial charge in [0.15, 0.2) is 0 Å². The van der Waals surface area contributed by atoms with Crippen molar-refractivity contribution in [2.75, 3.05) is 19.6 Å². The standard InChI is InChI=1S/C18H22N2OS/c1-2-10-20-11-9-19-16(18(20)21)13-14-5-7-15(8-6-14)17-4-3-12-22-17/h3-8,12,16,19H,2,9-11,13H2,1H3/t16-/m0/s1. The zero-order valence-electron chi connectivity index (χ0n) is 12.9. The summed E-state index contributed by atoms with van der Waals surface area (Å²) >= 11 is 1.75. The average Bonchev–Trinajstić information content (AvgIpc) is 3.07. The molecule has 0 spiro atoms. The number of nitrogens with one attached hydrogen (secondary N) is 1. The van der Waals surface area contributed by atoms with Gasteiger partial charge in [0.2, 0.25) is 5.91 Å². The third-order valence-corrected chi connectivity index (χ3v) is 4.99. The minimum Gasteiger partial charge on any atom is -0.340 e. The van der Waals surface area contributed by atoms with Gasteiger partial charge in [-0.3, -0.25) is 4.79 Å². The van der Waals surface area contributed by atoms with Crippen molar-refractivity contribution in [3.63, 3.8) is 0 Å². The fraction of sp³-hybridized carbons (Fsp3) is 0.389. The Morgan fingerprint density at radius 1 is 1.27 bits per heavy atom. The number of benzene rings is 1. The van der Waals surface area contributed by atoms with Crippen LogP contribution in [0.1, 0.15) is 18.9 Å². The lowest BCUT2D eigenvalue weighted by molar-refractivity contribution is -0.135. The number of rotatable bonds is 5. The highest BCUT2D eigenvalue weighted by molar-refractivity contribution is 7.13. The summed E-state index contributed by atoms with van der Waals surface area (Å²) in [5.41, 5.74) is 2.46. The number of amides is 1. The first-order chi connectivity index (χ1) is 10.8. The summed E-state index contributed by atoms with van der Waals surface area (Å²) in [6, 6.07) is 12.7. The lowest BCUT2D eigenvalue weighted by atomic mass is 10.0. The Hall–Kier alpha value is -1.65. The predicted octanol–water partition coefficient (Wildman–Crippen LogP) is 3.17. The second-order valence-electron chi connectivity index (χ2n) is 5.71. The summed E-state index contributed by atoms with van der Waals surface area (Å²) in [7, 11) is 0. The number of thiophene rings is 1. The Morgan fingerprint density at radius 2 is 2.09 bits per heavy atom. The van der Waals surface area contributed by atoms with Gasteiger partial charge in [0.05, 0.1) is 6.04 Å². The molecule has 2 aromatic rings. The van der Waals surface area contributed by atoms with E-state index in [1.807, 2.05) is 4.90 Å². The molecule has 1 fully saturated rings. The monoisotopic (exact) mass is 314 g/mol. The summed E-state index contributed by atoms with van der Waals surface area (Å²) in [5, 5.41) is 5.45. The molecular weight excluding hydrogens is 292 g/mol. The number of hydrogen-bond acceptors (Lipinski definition) is 3. The minimum absolute atomic E-state index is 0.0760. The molecule has 4 heteroatoms. The number of carbonyl (C=O) groups excluding carboxylic acids is 1. The van der Waals surface area contributed by atoms with E-state index in [1.54, 1.807) is 11.3 Å². The van der Waals surface area contributed by atoms with Crippen molar-refractivity contribution < 1.29 is 4.79 Å². The molecule has 1 aliphatic heterocycles. The van der Waals surface area contributed by atoms with Gasteiger partial charge in [-0.1, -0.05) is 37.3 Å². The molecule has 0 aliphatic carbocycles. The SMILES string of the molecule is CCCN1CCN[C@@H](Cc2ccc(-c3cccs3)cc2)C1=O. The molecule has 1 aromatic heterocycles. The first kappa shape index (κ1) is 15.3. The van der Waals surface area contributed by atoms with E-state index in [1.165, 1.54) is 16.0 Å². The molecule has 3 rings (SSSR count). The second kappa shape index (κ2) is 7.07. The summed E-state index contributed by atoms with van der Waals surface area (Å²) in [6.07, 6.45) is 1.79. The first-order valence-corrected chi connectivity index (χ1v) is 8.81. The topological polar surface area (TPSA) is 32.3 Å². The van der Waals surface area contributed by atoms with Crippen molar-refractivity contribution in [2.24, 2.45) is 0 Å². The Morgan fingerprint density at radius 3 is 2.77 bits per heavy atom. The summed E-state index contributed by atoms with van der Waals surface area (Å²) in [6.45, 7) is 4.71. The van der Waals surface area contributed by atoms with Crippen molar-refractivity contribution >= 4 is 17.2 Å². The Balaban J connectivity index is 1.66. The molecule has 1 aliphatic rings. The molecule has 0 saturated carbocycles. The molecule has 1 aromatic carbocycles. The van der Waals surface area contributed by atoms with Crippen LogP contribution in [-0.2, 0) is 11.2 Å². The van der Waals surface area contributed by atoms with E-state index < -0.39 is 0 Å². The molecule has 0 unspecified atom stereocenters. The molecule has 3 nitrogen and oxygen atoms in total. The van der Waals surface area contributed by atoms with Crippen LogP contribution in [0.5, 0.6) is 0 Å². The van der Waals surface area contributed by atoms with E-state index >= 15 is 0 Å². The molecule has 1 atom stereocenters. The van der Waals surface area contributed by atoms with Crippen LogP contribution in [0.4, 0.5) is 0 Å². The summed E-state index contributed by atoms with van der Waals surface area (Å²) in [5.74, 6) is 0.246. The van der Waals surface area contributed by atoms with Crippen molar-refractivity contribution in [3.8, 4) is 10.4 Å². The van der Waals surface area contributed by atoms with E-state index in [-0.39, 0.29) is 11.9 Å². The summed E-state index contributed by atoms with van der Waals surface area (Å²) < 4.78 is 0. The Bertz CT molecular complexity index is 605. The van der Waals surface area contributed by atoms with E-state index in [0.717, 1.165) is 32.5 Å². The van der Waals surface area contributed by atoms with Crippen LogP contribution in [-0.4, -0.2) is 36.5 Å². The number of nitrogens with zero attached hydrogens (tertiary/aromatic N) is 1. The van der Waals surface area contributed by atoms with Crippen molar-refractivity contribution in [1.82, 2.24) is 10.2 Å². The molecule has 0 bridgehead atoms. The zero-order chi connectivity index (χ0) is 15.4. The maximum absolute atomic E-state index is 12.4. The smallest absolute Gasteiger partial charge is 0.240 e. The first-order valence-electron chi connectivity index (χ1n) is 7.93. The molecule has 1 amide bonds. The van der Waals surface area contributed by atoms with Crippen LogP contribution in [0.3, 0.4) is 0 Å². The van der Waals surface area contributed by atoms with Gasteiger partial charge >= 0.3 is 0 Å². The molecule has 0 radical (unpaired) electrons. The molecule has 2 heterocycles. The van der Waals surface area contributed by atoms with Crippen LogP contribution in [0, 0.1) is 0 Å². The average molecular weight is 314 g/mol. The Kier molecular flexibility index (Phi) is 4.90. The molecule has 1 N–H and O–H groups in total. The molecule has 22 heavy (non-hydrogen) atoms. The summed E-state index contributed by atoms with van der Waals surface area (Å²) in [4.78, 5) is 15.7. The van der Waals surface area contributed by atoms with Gasteiger partial charge in [-0.05, 0) is 35.4 Å². The lowest BCUT2D eigenvalue weighted by Crippen LogP contribution is -2.55. The fourth-order valence-electron chi connectivity index (χ4n) is 2.93. The second-order valence-corrected chi connectivity index (χ2v) is 6.66. The normalized spacial score (nSPS) is 18.7. The Labute approximate surface area is 136 Å². The van der Waals surface area contributed by atoms with Crippen LogP contribution < -0.4 is 5.32 Å². The zero-order valence-corrected chi connectivity index (χ0v) is 13.7. The van der Waals surface area contributed by atoms with Crippen LogP contribution in [0.2, 0.25) is 0 Å². The molecule has 116 valence electrons. The largest absolute Gasteiger partial charge is 0.340 e. The highest BCUT2D eigenvalue weighted by Crippen LogP contribution is 2.25. The van der Waals surface area contributed by atoms with E-state index in [4.69, 9.17) is 0 Å². The van der Waals surface area contributed by atoms with Crippen molar-refractivity contribution in [1.29, 1.82) is 0 Å². The van der Waals surface area contributed by atoms with Crippen LogP contribution in [0.25, 0.3) is 10.4 Å². The third-order valence-electron chi connectivity index (χ3n) is 4.08. The highest BCUT2D eigenvalue weighted by Gasteiger charge is 2.27. The predicted molar refractivity (Wildman–Crippen MR) is 92.1 cm³/mol. The van der Waals surface area contributed by atoms with Gasteiger partial charge in [0.1, 0.15) is 0 Å². The minimum atomic E-state index is -0.0760. The highest BCUT2D eigenvalue weighted by atomic mass is 32.1. The maximum Gasteiger partial charge on any atom is 0.240 e. The van der Waals surface area contributed by atoms with Crippen LogP contribution in [0.15, 0.2) is 41.8 Å². The van der Waals surface area contributed by atoms with E-state index in [2.05, 4.69) is 54.0 Å².